The molecule has 6 atom stereocenters. The Balaban J connectivity index is 2.16. The smallest absolute Gasteiger partial charge is 0.394 e. The van der Waals surface area contributed by atoms with Gasteiger partial charge < -0.3 is 30.5 Å². The maximum absolute atomic E-state index is 12.0. The predicted molar refractivity (Wildman–Crippen MR) is 55.3 cm³/mol. The summed E-state index contributed by atoms with van der Waals surface area (Å²) in [6.45, 7) is 0.191. The summed E-state index contributed by atoms with van der Waals surface area (Å²) >= 11 is 0. The summed E-state index contributed by atoms with van der Waals surface area (Å²) in [5.41, 5.74) is -2.65. The standard InChI is InChI=1S/C8H12NO10P/c1-3(11)9-7-6(13)5(12)4(2-10)16-8(7,14)19-20(15,17-6)18-7/h4-5,10,12-14H,2H2,1H3,(H,9,11)/t4-,5-,6-,7-,8?,20?/m1/s1. The van der Waals surface area contributed by atoms with Crippen molar-refractivity contribution in [1.29, 1.82) is 0 Å². The number of amides is 1. The minimum absolute atomic E-state index is 0.817. The van der Waals surface area contributed by atoms with E-state index in [0.29, 0.717) is 0 Å². The van der Waals surface area contributed by atoms with Crippen LogP contribution in [0, 0.1) is 0 Å². The molecule has 3 saturated heterocycles. The van der Waals surface area contributed by atoms with E-state index in [2.05, 4.69) is 9.05 Å². The molecule has 3 rings (SSSR count). The highest BCUT2D eigenvalue weighted by Gasteiger charge is 2.90. The van der Waals surface area contributed by atoms with Gasteiger partial charge in [-0.3, -0.25) is 4.79 Å². The van der Waals surface area contributed by atoms with Gasteiger partial charge in [0, 0.05) is 6.92 Å². The van der Waals surface area contributed by atoms with Crippen LogP contribution >= 0.6 is 7.82 Å². The third kappa shape index (κ3) is 1.42. The number of rotatable bonds is 2. The number of aliphatic hydroxyl groups is 4. The minimum Gasteiger partial charge on any atom is -0.394 e. The van der Waals surface area contributed by atoms with E-state index in [4.69, 9.17) is 14.4 Å². The molecule has 0 spiro atoms. The van der Waals surface area contributed by atoms with Crippen LogP contribution in [0.5, 0.6) is 0 Å². The van der Waals surface area contributed by atoms with Gasteiger partial charge in [0.1, 0.15) is 12.2 Å². The van der Waals surface area contributed by atoms with Gasteiger partial charge in [-0.15, -0.1) is 0 Å². The van der Waals surface area contributed by atoms with Gasteiger partial charge in [0.05, 0.1) is 6.61 Å². The minimum atomic E-state index is -4.46. The zero-order valence-corrected chi connectivity index (χ0v) is 10.9. The highest BCUT2D eigenvalue weighted by Crippen LogP contribution is 2.76. The molecule has 3 aliphatic rings. The SMILES string of the molecule is CC(=O)N[C@]12OP3(=O)OC1(O)O[C@H](CO)[C@@H](O)[C@@]2(O)O3. The molecular weight excluding hydrogens is 301 g/mol. The first-order valence-corrected chi connectivity index (χ1v) is 7.00. The summed E-state index contributed by atoms with van der Waals surface area (Å²) in [6.07, 6.45) is -3.50. The first kappa shape index (κ1) is 14.3. The molecule has 5 N–H and O–H groups in total. The second-order valence-electron chi connectivity index (χ2n) is 4.65. The van der Waals surface area contributed by atoms with Gasteiger partial charge in [-0.2, -0.15) is 0 Å². The van der Waals surface area contributed by atoms with E-state index < -0.39 is 50.0 Å². The molecule has 0 aromatic heterocycles. The molecular formula is C8H12NO10P. The van der Waals surface area contributed by atoms with E-state index in [1.807, 2.05) is 5.32 Å². The van der Waals surface area contributed by atoms with Crippen molar-refractivity contribution in [2.24, 2.45) is 0 Å². The van der Waals surface area contributed by atoms with Crippen molar-refractivity contribution < 1.29 is 48.1 Å². The third-order valence-corrected chi connectivity index (χ3v) is 4.75. The molecule has 0 aliphatic carbocycles. The Morgan fingerprint density at radius 2 is 2.00 bits per heavy atom. The number of hydrogen-bond donors (Lipinski definition) is 5. The lowest BCUT2D eigenvalue weighted by molar-refractivity contribution is -0.487. The van der Waals surface area contributed by atoms with E-state index in [1.165, 1.54) is 0 Å². The largest absolute Gasteiger partial charge is 0.484 e. The molecule has 12 heteroatoms. The number of carbonyl (C=O) groups excluding carboxylic acids is 1. The fraction of sp³-hybridized carbons (Fsp3) is 0.875. The summed E-state index contributed by atoms with van der Waals surface area (Å²) < 4.78 is 30.9. The molecule has 11 nitrogen and oxygen atoms in total. The van der Waals surface area contributed by atoms with Crippen molar-refractivity contribution in [3.8, 4) is 0 Å². The quantitative estimate of drug-likeness (QED) is 0.334. The van der Waals surface area contributed by atoms with E-state index >= 15 is 0 Å². The van der Waals surface area contributed by atoms with E-state index in [9.17, 15) is 24.7 Å². The highest BCUT2D eigenvalue weighted by atomic mass is 31.2. The molecule has 3 heterocycles. The summed E-state index contributed by atoms with van der Waals surface area (Å²) in [7, 11) is -4.46. The number of hydrogen-bond acceptors (Lipinski definition) is 10. The second-order valence-corrected chi connectivity index (χ2v) is 6.09. The van der Waals surface area contributed by atoms with Gasteiger partial charge in [-0.25, -0.2) is 18.1 Å². The number of fused-ring (bicyclic) bond motifs is 1. The molecule has 114 valence electrons. The molecule has 2 unspecified atom stereocenters. The molecule has 0 aromatic rings. The lowest BCUT2D eigenvalue weighted by atomic mass is 9.87. The first-order valence-electron chi connectivity index (χ1n) is 5.54. The summed E-state index contributed by atoms with van der Waals surface area (Å²) in [5, 5.41) is 41.6. The topological polar surface area (TPSA) is 164 Å². The second kappa shape index (κ2) is 3.77. The van der Waals surface area contributed by atoms with Crippen molar-refractivity contribution in [3.05, 3.63) is 0 Å². The van der Waals surface area contributed by atoms with Crippen LogP contribution in [0.25, 0.3) is 0 Å². The summed E-state index contributed by atoms with van der Waals surface area (Å²) in [4.78, 5) is 11.3. The Labute approximate surface area is 111 Å². The van der Waals surface area contributed by atoms with Crippen LogP contribution in [-0.2, 0) is 27.7 Å². The number of phosphoric ester groups is 1. The van der Waals surface area contributed by atoms with Crippen LogP contribution in [0.2, 0.25) is 0 Å². The van der Waals surface area contributed by atoms with Gasteiger partial charge in [0.2, 0.25) is 5.91 Å². The molecule has 0 aromatic carbocycles. The van der Waals surface area contributed by atoms with Crippen molar-refractivity contribution in [2.75, 3.05) is 6.61 Å². The van der Waals surface area contributed by atoms with E-state index in [1.54, 1.807) is 0 Å². The normalized spacial score (nSPS) is 56.9. The van der Waals surface area contributed by atoms with Gasteiger partial charge in [0.25, 0.3) is 11.5 Å². The Kier molecular flexibility index (Phi) is 2.70. The van der Waals surface area contributed by atoms with Crippen molar-refractivity contribution in [1.82, 2.24) is 5.32 Å². The van der Waals surface area contributed by atoms with Gasteiger partial charge >= 0.3 is 13.8 Å². The molecule has 2 bridgehead atoms. The molecule has 1 amide bonds. The van der Waals surface area contributed by atoms with Crippen LogP contribution in [0.3, 0.4) is 0 Å². The van der Waals surface area contributed by atoms with Crippen molar-refractivity contribution >= 4 is 13.7 Å². The first-order chi connectivity index (χ1) is 9.11. The summed E-state index contributed by atoms with van der Waals surface area (Å²) in [6, 6.07) is 0. The Hall–Kier alpha value is -0.620. The number of carbonyl (C=O) groups is 1. The monoisotopic (exact) mass is 313 g/mol. The molecule has 0 saturated carbocycles. The van der Waals surface area contributed by atoms with Crippen LogP contribution in [0.15, 0.2) is 0 Å². The maximum Gasteiger partial charge on any atom is 0.484 e. The average Bonchev–Trinajstić information content (AvgIpc) is 2.66. The highest BCUT2D eigenvalue weighted by molar-refractivity contribution is 7.49. The fourth-order valence-electron chi connectivity index (χ4n) is 2.49. The third-order valence-electron chi connectivity index (χ3n) is 3.28. The Bertz CT molecular complexity index is 527. The van der Waals surface area contributed by atoms with Crippen LogP contribution in [-0.4, -0.2) is 62.6 Å². The van der Waals surface area contributed by atoms with Crippen LogP contribution in [0.4, 0.5) is 0 Å². The van der Waals surface area contributed by atoms with Crippen molar-refractivity contribution in [3.63, 3.8) is 0 Å². The number of ether oxygens (including phenoxy) is 1. The average molecular weight is 313 g/mol. The van der Waals surface area contributed by atoms with E-state index in [0.717, 1.165) is 6.92 Å². The zero-order chi connectivity index (χ0) is 15.0. The number of phosphoric acid groups is 1. The molecule has 3 fully saturated rings. The van der Waals surface area contributed by atoms with Crippen molar-refractivity contribution in [2.45, 2.75) is 36.6 Å². The Morgan fingerprint density at radius 1 is 1.35 bits per heavy atom. The lowest BCUT2D eigenvalue weighted by Gasteiger charge is -2.53. The van der Waals surface area contributed by atoms with Gasteiger partial charge in [-0.1, -0.05) is 0 Å². The summed E-state index contributed by atoms with van der Waals surface area (Å²) in [5.74, 6) is -6.54. The lowest BCUT2D eigenvalue weighted by Crippen LogP contribution is -2.83. The predicted octanol–water partition coefficient (Wildman–Crippen LogP) is -2.91. The van der Waals surface area contributed by atoms with Gasteiger partial charge in [0.15, 0.2) is 0 Å². The molecule has 3 aliphatic heterocycles. The number of aliphatic hydroxyl groups excluding tert-OH is 2. The Morgan fingerprint density at radius 3 is 2.55 bits per heavy atom. The molecule has 0 radical (unpaired) electrons. The zero-order valence-electron chi connectivity index (χ0n) is 10.0. The fourth-order valence-corrected chi connectivity index (χ4v) is 4.28. The molecule has 20 heavy (non-hydrogen) atoms. The van der Waals surface area contributed by atoms with Crippen LogP contribution < -0.4 is 5.32 Å². The number of nitrogens with one attached hydrogen (secondary N) is 1. The van der Waals surface area contributed by atoms with Gasteiger partial charge in [-0.05, 0) is 0 Å². The van der Waals surface area contributed by atoms with Crippen LogP contribution in [0.1, 0.15) is 6.92 Å². The maximum atomic E-state index is 12.0. The van der Waals surface area contributed by atoms with E-state index in [-0.39, 0.29) is 0 Å².